The molecule has 0 fully saturated rings. The maximum Gasteiger partial charge on any atom is 0.338 e. The minimum atomic E-state index is -0.663. The van der Waals surface area contributed by atoms with Gasteiger partial charge in [-0.1, -0.05) is 5.16 Å². The normalized spacial score (nSPS) is 10.2. The lowest BCUT2D eigenvalue weighted by Gasteiger charge is -2.06. The number of aromatic nitrogens is 1. The Kier molecular flexibility index (Phi) is 4.22. The van der Waals surface area contributed by atoms with Gasteiger partial charge in [-0.3, -0.25) is 0 Å². The highest BCUT2D eigenvalue weighted by molar-refractivity contribution is 5.91. The molecule has 1 heterocycles. The van der Waals surface area contributed by atoms with Crippen molar-refractivity contribution in [2.45, 2.75) is 20.5 Å². The molecule has 0 spiro atoms. The van der Waals surface area contributed by atoms with Gasteiger partial charge < -0.3 is 20.3 Å². The first-order chi connectivity index (χ1) is 9.97. The zero-order valence-corrected chi connectivity index (χ0v) is 11.7. The molecule has 7 heteroatoms. The molecule has 2 amide bonds. The summed E-state index contributed by atoms with van der Waals surface area (Å²) in [6.45, 7) is 3.64. The molecular formula is C14H15N3O4. The number of rotatable bonds is 4. The van der Waals surface area contributed by atoms with Gasteiger partial charge in [0, 0.05) is 5.69 Å². The maximum atomic E-state index is 11.9. The van der Waals surface area contributed by atoms with Crippen molar-refractivity contribution < 1.29 is 18.8 Å². The van der Waals surface area contributed by atoms with E-state index in [2.05, 4.69) is 10.5 Å². The number of hydrogen-bond donors (Lipinski definition) is 2. The monoisotopic (exact) mass is 289 g/mol. The molecule has 1 aromatic heterocycles. The van der Waals surface area contributed by atoms with Crippen molar-refractivity contribution in [1.29, 1.82) is 0 Å². The van der Waals surface area contributed by atoms with Gasteiger partial charge in [0.05, 0.1) is 16.8 Å². The van der Waals surface area contributed by atoms with E-state index < -0.39 is 12.0 Å². The number of hydrogen-bond acceptors (Lipinski definition) is 5. The molecule has 7 nitrogen and oxygen atoms in total. The molecule has 110 valence electrons. The Morgan fingerprint density at radius 1 is 1.29 bits per heavy atom. The Morgan fingerprint density at radius 3 is 2.48 bits per heavy atom. The second-order valence-corrected chi connectivity index (χ2v) is 4.45. The number of ether oxygens (including phenoxy) is 1. The van der Waals surface area contributed by atoms with Crippen LogP contribution in [0.3, 0.4) is 0 Å². The van der Waals surface area contributed by atoms with Gasteiger partial charge in [0.1, 0.15) is 12.4 Å². The zero-order chi connectivity index (χ0) is 15.4. The minimum Gasteiger partial charge on any atom is -0.457 e. The summed E-state index contributed by atoms with van der Waals surface area (Å²) in [5, 5.41) is 6.19. The molecule has 1 aromatic carbocycles. The number of benzene rings is 1. The van der Waals surface area contributed by atoms with Gasteiger partial charge >= 0.3 is 12.0 Å². The number of primary amides is 1. The standard InChI is InChI=1S/C14H15N3O4/c1-8-12(9(2)21-17-8)7-20-13(18)10-3-5-11(6-4-10)16-14(15)19/h3-6H,7H2,1-2H3,(H3,15,16,19). The summed E-state index contributed by atoms with van der Waals surface area (Å²) in [5.41, 5.74) is 7.33. The Balaban J connectivity index is 1.99. The molecule has 2 aromatic rings. The van der Waals surface area contributed by atoms with E-state index in [4.69, 9.17) is 15.0 Å². The quantitative estimate of drug-likeness (QED) is 0.838. The number of esters is 1. The van der Waals surface area contributed by atoms with Gasteiger partial charge in [0.2, 0.25) is 0 Å². The van der Waals surface area contributed by atoms with Crippen LogP contribution in [0, 0.1) is 13.8 Å². The number of aryl methyl sites for hydroxylation is 2. The number of nitrogens with two attached hydrogens (primary N) is 1. The Bertz CT molecular complexity index is 642. The van der Waals surface area contributed by atoms with Gasteiger partial charge in [0.15, 0.2) is 0 Å². The first-order valence-electron chi connectivity index (χ1n) is 6.22. The fraction of sp³-hybridized carbons (Fsp3) is 0.214. The summed E-state index contributed by atoms with van der Waals surface area (Å²) in [5.74, 6) is 0.155. The number of nitrogens with zero attached hydrogens (tertiary/aromatic N) is 1. The predicted octanol–water partition coefficient (Wildman–Crippen LogP) is 2.14. The van der Waals surface area contributed by atoms with Crippen molar-refractivity contribution >= 4 is 17.7 Å². The van der Waals surface area contributed by atoms with Crippen LogP contribution in [0.4, 0.5) is 10.5 Å². The van der Waals surface area contributed by atoms with Crippen LogP contribution >= 0.6 is 0 Å². The fourth-order valence-corrected chi connectivity index (χ4v) is 1.76. The van der Waals surface area contributed by atoms with Crippen molar-refractivity contribution in [2.75, 3.05) is 5.32 Å². The van der Waals surface area contributed by atoms with E-state index in [-0.39, 0.29) is 6.61 Å². The van der Waals surface area contributed by atoms with Crippen LogP contribution in [-0.2, 0) is 11.3 Å². The van der Waals surface area contributed by atoms with Crippen molar-refractivity contribution in [3.05, 3.63) is 46.8 Å². The van der Waals surface area contributed by atoms with Crippen LogP contribution in [0.1, 0.15) is 27.4 Å². The number of nitrogens with one attached hydrogen (secondary N) is 1. The molecule has 0 radical (unpaired) electrons. The molecule has 0 saturated heterocycles. The van der Waals surface area contributed by atoms with E-state index in [9.17, 15) is 9.59 Å². The molecular weight excluding hydrogens is 274 g/mol. The summed E-state index contributed by atoms with van der Waals surface area (Å²) in [6.07, 6.45) is 0. The smallest absolute Gasteiger partial charge is 0.338 e. The highest BCUT2D eigenvalue weighted by Crippen LogP contribution is 2.15. The van der Waals surface area contributed by atoms with Crippen LogP contribution in [-0.4, -0.2) is 17.2 Å². The summed E-state index contributed by atoms with van der Waals surface area (Å²) in [7, 11) is 0. The molecule has 0 aliphatic heterocycles. The Hall–Kier alpha value is -2.83. The third-order valence-corrected chi connectivity index (χ3v) is 2.92. The summed E-state index contributed by atoms with van der Waals surface area (Å²) < 4.78 is 10.2. The average Bonchev–Trinajstić information content (AvgIpc) is 2.75. The number of anilines is 1. The fourth-order valence-electron chi connectivity index (χ4n) is 1.76. The first-order valence-corrected chi connectivity index (χ1v) is 6.22. The van der Waals surface area contributed by atoms with E-state index in [1.807, 2.05) is 0 Å². The SMILES string of the molecule is Cc1noc(C)c1COC(=O)c1ccc(NC(N)=O)cc1. The van der Waals surface area contributed by atoms with Crippen LogP contribution in [0.15, 0.2) is 28.8 Å². The van der Waals surface area contributed by atoms with Crippen molar-refractivity contribution in [2.24, 2.45) is 5.73 Å². The molecule has 0 atom stereocenters. The molecule has 0 aliphatic rings. The van der Waals surface area contributed by atoms with Gasteiger partial charge in [-0.25, -0.2) is 9.59 Å². The highest BCUT2D eigenvalue weighted by atomic mass is 16.5. The third kappa shape index (κ3) is 3.59. The highest BCUT2D eigenvalue weighted by Gasteiger charge is 2.13. The maximum absolute atomic E-state index is 11.9. The summed E-state index contributed by atoms with van der Waals surface area (Å²) >= 11 is 0. The molecule has 2 rings (SSSR count). The van der Waals surface area contributed by atoms with Crippen LogP contribution in [0.25, 0.3) is 0 Å². The van der Waals surface area contributed by atoms with Crippen LogP contribution < -0.4 is 11.1 Å². The van der Waals surface area contributed by atoms with Gasteiger partial charge in [0.25, 0.3) is 0 Å². The molecule has 0 aliphatic carbocycles. The van der Waals surface area contributed by atoms with E-state index in [1.165, 1.54) is 0 Å². The van der Waals surface area contributed by atoms with Crippen molar-refractivity contribution in [1.82, 2.24) is 5.16 Å². The Labute approximate surface area is 121 Å². The molecule has 21 heavy (non-hydrogen) atoms. The average molecular weight is 289 g/mol. The molecule has 3 N–H and O–H groups in total. The zero-order valence-electron chi connectivity index (χ0n) is 11.7. The second-order valence-electron chi connectivity index (χ2n) is 4.45. The number of carbonyl (C=O) groups is 2. The third-order valence-electron chi connectivity index (χ3n) is 2.92. The predicted molar refractivity (Wildman–Crippen MR) is 74.7 cm³/mol. The summed E-state index contributed by atoms with van der Waals surface area (Å²) in [6, 6.07) is 5.56. The first kappa shape index (κ1) is 14.6. The molecule has 0 bridgehead atoms. The second kappa shape index (κ2) is 6.08. The topological polar surface area (TPSA) is 107 Å². The molecule has 0 saturated carbocycles. The van der Waals surface area contributed by atoms with E-state index >= 15 is 0 Å². The van der Waals surface area contributed by atoms with E-state index in [0.29, 0.717) is 22.7 Å². The Morgan fingerprint density at radius 2 is 1.95 bits per heavy atom. The van der Waals surface area contributed by atoms with Gasteiger partial charge in [-0.2, -0.15) is 0 Å². The van der Waals surface area contributed by atoms with Gasteiger partial charge in [-0.15, -0.1) is 0 Å². The largest absolute Gasteiger partial charge is 0.457 e. The lowest BCUT2D eigenvalue weighted by atomic mass is 10.2. The van der Waals surface area contributed by atoms with Crippen LogP contribution in [0.5, 0.6) is 0 Å². The molecule has 0 unspecified atom stereocenters. The number of urea groups is 1. The number of carbonyl (C=O) groups excluding carboxylic acids is 2. The van der Waals surface area contributed by atoms with Crippen molar-refractivity contribution in [3.8, 4) is 0 Å². The van der Waals surface area contributed by atoms with E-state index in [0.717, 1.165) is 5.56 Å². The summed E-state index contributed by atoms with van der Waals surface area (Å²) in [4.78, 5) is 22.6. The lowest BCUT2D eigenvalue weighted by Crippen LogP contribution is -2.19. The minimum absolute atomic E-state index is 0.0985. The number of amides is 2. The van der Waals surface area contributed by atoms with Crippen molar-refractivity contribution in [3.63, 3.8) is 0 Å². The lowest BCUT2D eigenvalue weighted by molar-refractivity contribution is 0.0471. The van der Waals surface area contributed by atoms with E-state index in [1.54, 1.807) is 38.1 Å². The van der Waals surface area contributed by atoms with Gasteiger partial charge in [-0.05, 0) is 38.1 Å². The van der Waals surface area contributed by atoms with Crippen LogP contribution in [0.2, 0.25) is 0 Å².